The van der Waals surface area contributed by atoms with Gasteiger partial charge in [0, 0.05) is 29.9 Å². The fourth-order valence-corrected chi connectivity index (χ4v) is 1.67. The highest BCUT2D eigenvalue weighted by Crippen LogP contribution is 2.27. The Morgan fingerprint density at radius 1 is 1.10 bits per heavy atom. The van der Waals surface area contributed by atoms with Crippen molar-refractivity contribution in [3.05, 3.63) is 24.1 Å². The summed E-state index contributed by atoms with van der Waals surface area (Å²) in [5, 5.41) is 14.2. The molecule has 0 radical (unpaired) electrons. The smallest absolute Gasteiger partial charge is 0.320 e. The molecule has 0 aliphatic carbocycles. The number of ether oxygens (including phenoxy) is 2. The van der Waals surface area contributed by atoms with Crippen molar-refractivity contribution in [3.8, 4) is 11.5 Å². The second-order valence-electron chi connectivity index (χ2n) is 4.76. The second kappa shape index (κ2) is 6.94. The Labute approximate surface area is 123 Å². The molecule has 0 unspecified atom stereocenters. The largest absolute Gasteiger partial charge is 0.497 e. The molecule has 21 heavy (non-hydrogen) atoms. The van der Waals surface area contributed by atoms with Crippen molar-refractivity contribution in [1.29, 1.82) is 0 Å². The third-order valence-electron chi connectivity index (χ3n) is 2.73. The predicted molar refractivity (Wildman–Crippen MR) is 79.1 cm³/mol. The molecule has 0 saturated carbocycles. The van der Waals surface area contributed by atoms with Crippen LogP contribution >= 0.6 is 0 Å². The predicted octanol–water partition coefficient (Wildman–Crippen LogP) is 2.33. The van der Waals surface area contributed by atoms with Crippen LogP contribution in [0, 0.1) is 0 Å². The molecular formula is C14H20N4O3. The standard InChI is InChI=1S/C14H20N4O3/c1-9(2)15-8-13-17-18-14(21-13)16-10-5-11(19-3)7-12(6-10)20-4/h5-7,9,15H,8H2,1-4H3,(H,16,18). The molecule has 7 nitrogen and oxygen atoms in total. The SMILES string of the molecule is COc1cc(Nc2nnc(CNC(C)C)o2)cc(OC)c1. The number of methoxy groups -OCH3 is 2. The Balaban J connectivity index is 2.07. The third kappa shape index (κ3) is 4.35. The number of hydrogen-bond donors (Lipinski definition) is 2. The van der Waals surface area contributed by atoms with Gasteiger partial charge in [0.15, 0.2) is 0 Å². The molecule has 2 aromatic rings. The van der Waals surface area contributed by atoms with Gasteiger partial charge in [0.25, 0.3) is 0 Å². The monoisotopic (exact) mass is 292 g/mol. The minimum absolute atomic E-state index is 0.325. The number of nitrogens with one attached hydrogen (secondary N) is 2. The number of anilines is 2. The van der Waals surface area contributed by atoms with Crippen LogP contribution in [-0.4, -0.2) is 30.5 Å². The molecule has 114 valence electrons. The Morgan fingerprint density at radius 2 is 1.76 bits per heavy atom. The number of nitrogens with zero attached hydrogens (tertiary/aromatic N) is 2. The van der Waals surface area contributed by atoms with Crippen molar-refractivity contribution >= 4 is 11.7 Å². The van der Waals surface area contributed by atoms with Gasteiger partial charge in [-0.15, -0.1) is 5.10 Å². The lowest BCUT2D eigenvalue weighted by Crippen LogP contribution is -2.21. The van der Waals surface area contributed by atoms with Crippen LogP contribution in [0.4, 0.5) is 11.7 Å². The molecule has 1 aromatic carbocycles. The molecule has 0 saturated heterocycles. The van der Waals surface area contributed by atoms with Crippen molar-refractivity contribution in [2.24, 2.45) is 0 Å². The van der Waals surface area contributed by atoms with E-state index in [1.54, 1.807) is 20.3 Å². The van der Waals surface area contributed by atoms with Gasteiger partial charge in [0.05, 0.1) is 20.8 Å². The van der Waals surface area contributed by atoms with E-state index in [1.807, 2.05) is 12.1 Å². The molecule has 0 fully saturated rings. The quantitative estimate of drug-likeness (QED) is 0.810. The van der Waals surface area contributed by atoms with Crippen molar-refractivity contribution in [2.45, 2.75) is 26.4 Å². The van der Waals surface area contributed by atoms with Gasteiger partial charge < -0.3 is 24.5 Å². The van der Waals surface area contributed by atoms with Crippen LogP contribution in [-0.2, 0) is 6.54 Å². The molecule has 0 atom stereocenters. The summed E-state index contributed by atoms with van der Waals surface area (Å²) >= 11 is 0. The molecule has 0 aliphatic rings. The van der Waals surface area contributed by atoms with E-state index in [0.717, 1.165) is 5.69 Å². The lowest BCUT2D eigenvalue weighted by molar-refractivity contribution is 0.394. The number of rotatable bonds is 7. The summed E-state index contributed by atoms with van der Waals surface area (Å²) in [6.45, 7) is 4.64. The fraction of sp³-hybridized carbons (Fsp3) is 0.429. The van der Waals surface area contributed by atoms with E-state index in [-0.39, 0.29) is 0 Å². The third-order valence-corrected chi connectivity index (χ3v) is 2.73. The van der Waals surface area contributed by atoms with E-state index >= 15 is 0 Å². The average Bonchev–Trinajstić information content (AvgIpc) is 2.92. The van der Waals surface area contributed by atoms with Crippen LogP contribution in [0.1, 0.15) is 19.7 Å². The average molecular weight is 292 g/mol. The van der Waals surface area contributed by atoms with Gasteiger partial charge in [0.1, 0.15) is 11.5 Å². The summed E-state index contributed by atoms with van der Waals surface area (Å²) in [7, 11) is 3.20. The maximum Gasteiger partial charge on any atom is 0.320 e. The zero-order valence-electron chi connectivity index (χ0n) is 12.6. The molecule has 2 N–H and O–H groups in total. The maximum atomic E-state index is 5.51. The Kier molecular flexibility index (Phi) is 4.99. The maximum absolute atomic E-state index is 5.51. The summed E-state index contributed by atoms with van der Waals surface area (Å²) in [4.78, 5) is 0. The first kappa shape index (κ1) is 15.1. The van der Waals surface area contributed by atoms with E-state index in [4.69, 9.17) is 13.9 Å². The minimum atomic E-state index is 0.325. The molecule has 0 amide bonds. The molecular weight excluding hydrogens is 272 g/mol. The first-order valence-electron chi connectivity index (χ1n) is 6.66. The summed E-state index contributed by atoms with van der Waals surface area (Å²) in [6.07, 6.45) is 0. The zero-order chi connectivity index (χ0) is 15.2. The highest BCUT2D eigenvalue weighted by molar-refractivity contribution is 5.58. The normalized spacial score (nSPS) is 10.7. The molecule has 7 heteroatoms. The lowest BCUT2D eigenvalue weighted by Gasteiger charge is -2.08. The summed E-state index contributed by atoms with van der Waals surface area (Å²) in [5.41, 5.74) is 0.748. The molecule has 1 heterocycles. The zero-order valence-corrected chi connectivity index (χ0v) is 12.6. The minimum Gasteiger partial charge on any atom is -0.497 e. The van der Waals surface area contributed by atoms with Crippen LogP contribution in [0.15, 0.2) is 22.6 Å². The highest BCUT2D eigenvalue weighted by atomic mass is 16.5. The number of aromatic nitrogens is 2. The van der Waals surface area contributed by atoms with Gasteiger partial charge in [0.2, 0.25) is 5.89 Å². The second-order valence-corrected chi connectivity index (χ2v) is 4.76. The van der Waals surface area contributed by atoms with Crippen LogP contribution in [0.5, 0.6) is 11.5 Å². The van der Waals surface area contributed by atoms with E-state index in [0.29, 0.717) is 36.0 Å². The molecule has 0 bridgehead atoms. The topological polar surface area (TPSA) is 81.4 Å². The Hall–Kier alpha value is -2.28. The summed E-state index contributed by atoms with van der Waals surface area (Å²) in [5.74, 6) is 1.89. The van der Waals surface area contributed by atoms with E-state index in [2.05, 4.69) is 34.7 Å². The summed E-state index contributed by atoms with van der Waals surface area (Å²) < 4.78 is 15.9. The van der Waals surface area contributed by atoms with Crippen molar-refractivity contribution < 1.29 is 13.9 Å². The number of benzene rings is 1. The highest BCUT2D eigenvalue weighted by Gasteiger charge is 2.08. The number of hydrogen-bond acceptors (Lipinski definition) is 7. The van der Waals surface area contributed by atoms with Crippen molar-refractivity contribution in [3.63, 3.8) is 0 Å². The molecule has 0 spiro atoms. The van der Waals surface area contributed by atoms with Gasteiger partial charge >= 0.3 is 6.01 Å². The van der Waals surface area contributed by atoms with Crippen LogP contribution < -0.4 is 20.1 Å². The molecule has 0 aliphatic heterocycles. The van der Waals surface area contributed by atoms with Crippen LogP contribution in [0.3, 0.4) is 0 Å². The first-order chi connectivity index (χ1) is 10.1. The van der Waals surface area contributed by atoms with Gasteiger partial charge in [-0.05, 0) is 0 Å². The Morgan fingerprint density at radius 3 is 2.33 bits per heavy atom. The van der Waals surface area contributed by atoms with Crippen LogP contribution in [0.25, 0.3) is 0 Å². The molecule has 2 rings (SSSR count). The van der Waals surface area contributed by atoms with Gasteiger partial charge in [-0.1, -0.05) is 18.9 Å². The first-order valence-corrected chi connectivity index (χ1v) is 6.66. The van der Waals surface area contributed by atoms with Gasteiger partial charge in [-0.25, -0.2) is 0 Å². The fourth-order valence-electron chi connectivity index (χ4n) is 1.67. The Bertz CT molecular complexity index is 561. The summed E-state index contributed by atoms with van der Waals surface area (Å²) in [6, 6.07) is 6.11. The van der Waals surface area contributed by atoms with Crippen molar-refractivity contribution in [1.82, 2.24) is 15.5 Å². The van der Waals surface area contributed by atoms with Gasteiger partial charge in [-0.2, -0.15) is 0 Å². The van der Waals surface area contributed by atoms with Crippen molar-refractivity contribution in [2.75, 3.05) is 19.5 Å². The van der Waals surface area contributed by atoms with Gasteiger partial charge in [-0.3, -0.25) is 0 Å². The lowest BCUT2D eigenvalue weighted by atomic mass is 10.3. The van der Waals surface area contributed by atoms with E-state index in [1.165, 1.54) is 0 Å². The molecule has 1 aromatic heterocycles. The van der Waals surface area contributed by atoms with E-state index < -0.39 is 0 Å². The van der Waals surface area contributed by atoms with Crippen LogP contribution in [0.2, 0.25) is 0 Å². The van der Waals surface area contributed by atoms with E-state index in [9.17, 15) is 0 Å².